The number of urea groups is 1. The molecule has 0 spiro atoms. The molecular weight excluding hydrogens is 480 g/mol. The number of piperidine rings is 1. The second-order valence-corrected chi connectivity index (χ2v) is 10.6. The number of rotatable bonds is 7. The van der Waals surface area contributed by atoms with Crippen molar-refractivity contribution < 1.29 is 9.59 Å². The first-order valence-electron chi connectivity index (χ1n) is 12.0. The molecule has 0 bridgehead atoms. The Bertz CT molecular complexity index is 1140. The van der Waals surface area contributed by atoms with Gasteiger partial charge in [-0.1, -0.05) is 48.0 Å². The molecule has 1 aliphatic heterocycles. The van der Waals surface area contributed by atoms with Crippen LogP contribution < -0.4 is 5.32 Å². The Morgan fingerprint density at radius 3 is 2.57 bits per heavy atom. The molecule has 6 nitrogen and oxygen atoms in total. The second-order valence-electron chi connectivity index (χ2n) is 9.21. The highest BCUT2D eigenvalue weighted by Gasteiger charge is 2.26. The molecule has 8 heteroatoms. The SMILES string of the molecule is CC(C)N(Cc1nc(C(=O)N2CCC(Cc3ccccc3)CC2)cs1)C(=O)Nc1cccc(Cl)c1. The number of benzene rings is 2. The lowest BCUT2D eigenvalue weighted by molar-refractivity contribution is 0.0685. The summed E-state index contributed by atoms with van der Waals surface area (Å²) in [6, 6.07) is 17.3. The third kappa shape index (κ3) is 6.83. The van der Waals surface area contributed by atoms with Crippen LogP contribution in [0.25, 0.3) is 0 Å². The quantitative estimate of drug-likeness (QED) is 0.403. The lowest BCUT2D eigenvalue weighted by atomic mass is 9.90. The van der Waals surface area contributed by atoms with Gasteiger partial charge in [0.05, 0.1) is 6.54 Å². The Balaban J connectivity index is 1.32. The molecule has 2 heterocycles. The first-order chi connectivity index (χ1) is 16.9. The van der Waals surface area contributed by atoms with Crippen molar-refractivity contribution in [3.05, 3.63) is 81.3 Å². The molecule has 1 saturated heterocycles. The Hall–Kier alpha value is -2.90. The minimum Gasteiger partial charge on any atom is -0.337 e. The maximum Gasteiger partial charge on any atom is 0.322 e. The normalized spacial score (nSPS) is 14.2. The predicted octanol–water partition coefficient (Wildman–Crippen LogP) is 6.33. The standard InChI is InChI=1S/C27H31ClN4O2S/c1-19(2)32(27(34)29-23-10-6-9-22(28)16-23)17-25-30-24(18-35-25)26(33)31-13-11-21(12-14-31)15-20-7-4-3-5-8-20/h3-10,16,18-19,21H,11-15,17H2,1-2H3,(H,29,34). The van der Waals surface area contributed by atoms with Gasteiger partial charge in [0.25, 0.3) is 5.91 Å². The van der Waals surface area contributed by atoms with Crippen LogP contribution >= 0.6 is 22.9 Å². The van der Waals surface area contributed by atoms with E-state index in [0.29, 0.717) is 28.9 Å². The number of halogens is 1. The fraction of sp³-hybridized carbons (Fsp3) is 0.370. The monoisotopic (exact) mass is 510 g/mol. The Morgan fingerprint density at radius 1 is 1.14 bits per heavy atom. The molecule has 0 atom stereocenters. The maximum atomic E-state index is 13.1. The number of hydrogen-bond donors (Lipinski definition) is 1. The number of hydrogen-bond acceptors (Lipinski definition) is 4. The summed E-state index contributed by atoms with van der Waals surface area (Å²) in [4.78, 5) is 34.2. The number of likely N-dealkylation sites (tertiary alicyclic amines) is 1. The first-order valence-corrected chi connectivity index (χ1v) is 13.3. The van der Waals surface area contributed by atoms with Crippen molar-refractivity contribution in [2.75, 3.05) is 18.4 Å². The van der Waals surface area contributed by atoms with Crippen molar-refractivity contribution in [1.29, 1.82) is 0 Å². The topological polar surface area (TPSA) is 65.5 Å². The molecule has 0 unspecified atom stereocenters. The van der Waals surface area contributed by atoms with Crippen LogP contribution in [0.3, 0.4) is 0 Å². The van der Waals surface area contributed by atoms with Gasteiger partial charge in [0.15, 0.2) is 0 Å². The highest BCUT2D eigenvalue weighted by atomic mass is 35.5. The summed E-state index contributed by atoms with van der Waals surface area (Å²) in [5, 5.41) is 6.00. The largest absolute Gasteiger partial charge is 0.337 e. The number of carbonyl (C=O) groups excluding carboxylic acids is 2. The first kappa shape index (κ1) is 25.2. The number of aromatic nitrogens is 1. The zero-order valence-corrected chi connectivity index (χ0v) is 21.7. The number of thiazole rings is 1. The molecule has 1 aliphatic rings. The van der Waals surface area contributed by atoms with E-state index in [1.54, 1.807) is 34.5 Å². The van der Waals surface area contributed by atoms with Crippen molar-refractivity contribution in [1.82, 2.24) is 14.8 Å². The zero-order chi connectivity index (χ0) is 24.8. The van der Waals surface area contributed by atoms with Crippen LogP contribution in [0, 0.1) is 5.92 Å². The Morgan fingerprint density at radius 2 is 1.89 bits per heavy atom. The van der Waals surface area contributed by atoms with Crippen molar-refractivity contribution in [3.8, 4) is 0 Å². The van der Waals surface area contributed by atoms with Gasteiger partial charge in [0.1, 0.15) is 10.7 Å². The minimum atomic E-state index is -0.231. The number of nitrogens with zero attached hydrogens (tertiary/aromatic N) is 3. The highest BCUT2D eigenvalue weighted by Crippen LogP contribution is 2.24. The Kier molecular flexibility index (Phi) is 8.42. The summed E-state index contributed by atoms with van der Waals surface area (Å²) in [5.41, 5.74) is 2.46. The minimum absolute atomic E-state index is 0.0230. The van der Waals surface area contributed by atoms with Gasteiger partial charge >= 0.3 is 6.03 Å². The average Bonchev–Trinajstić information content (AvgIpc) is 3.32. The molecule has 3 aromatic rings. The van der Waals surface area contributed by atoms with Crippen molar-refractivity contribution in [3.63, 3.8) is 0 Å². The summed E-state index contributed by atoms with van der Waals surface area (Å²) in [6.07, 6.45) is 3.07. The number of nitrogens with one attached hydrogen (secondary N) is 1. The van der Waals surface area contributed by atoms with Crippen molar-refractivity contribution in [2.24, 2.45) is 5.92 Å². The molecule has 0 saturated carbocycles. The predicted molar refractivity (Wildman–Crippen MR) is 142 cm³/mol. The van der Waals surface area contributed by atoms with E-state index in [9.17, 15) is 9.59 Å². The fourth-order valence-electron chi connectivity index (χ4n) is 4.33. The molecule has 0 radical (unpaired) electrons. The third-order valence-corrected chi connectivity index (χ3v) is 7.37. The van der Waals surface area contributed by atoms with Crippen LogP contribution in [-0.2, 0) is 13.0 Å². The van der Waals surface area contributed by atoms with E-state index in [4.69, 9.17) is 11.6 Å². The molecule has 1 aromatic heterocycles. The van der Waals surface area contributed by atoms with Crippen LogP contribution in [0.4, 0.5) is 10.5 Å². The zero-order valence-electron chi connectivity index (χ0n) is 20.1. The summed E-state index contributed by atoms with van der Waals surface area (Å²) in [6.45, 7) is 5.75. The van der Waals surface area contributed by atoms with E-state index in [1.165, 1.54) is 16.9 Å². The molecular formula is C27H31ClN4O2S. The molecule has 3 amide bonds. The van der Waals surface area contributed by atoms with E-state index >= 15 is 0 Å². The van der Waals surface area contributed by atoms with Gasteiger partial charge in [-0.3, -0.25) is 4.79 Å². The lowest BCUT2D eigenvalue weighted by Crippen LogP contribution is -2.40. The third-order valence-electron chi connectivity index (χ3n) is 6.31. The Labute approximate surface area is 215 Å². The number of anilines is 1. The smallest absolute Gasteiger partial charge is 0.322 e. The molecule has 35 heavy (non-hydrogen) atoms. The average molecular weight is 511 g/mol. The van der Waals surface area contributed by atoms with Gasteiger partial charge in [-0.2, -0.15) is 0 Å². The van der Waals surface area contributed by atoms with E-state index < -0.39 is 0 Å². The fourth-order valence-corrected chi connectivity index (χ4v) is 5.28. The summed E-state index contributed by atoms with van der Waals surface area (Å²) in [7, 11) is 0. The molecule has 1 fully saturated rings. The van der Waals surface area contributed by atoms with E-state index in [1.807, 2.05) is 24.8 Å². The van der Waals surface area contributed by atoms with E-state index in [2.05, 4.69) is 34.6 Å². The van der Waals surface area contributed by atoms with Crippen molar-refractivity contribution >= 4 is 40.6 Å². The molecule has 0 aliphatic carbocycles. The van der Waals surface area contributed by atoms with Crippen LogP contribution in [-0.4, -0.2) is 45.9 Å². The van der Waals surface area contributed by atoms with Gasteiger partial charge < -0.3 is 15.1 Å². The number of carbonyl (C=O) groups is 2. The summed E-state index contributed by atoms with van der Waals surface area (Å²) < 4.78 is 0. The molecule has 184 valence electrons. The second kappa shape index (κ2) is 11.7. The maximum absolute atomic E-state index is 13.1. The molecule has 2 aromatic carbocycles. The van der Waals surface area contributed by atoms with Gasteiger partial charge in [-0.05, 0) is 62.8 Å². The van der Waals surface area contributed by atoms with E-state index in [0.717, 1.165) is 37.4 Å². The van der Waals surface area contributed by atoms with Gasteiger partial charge in [-0.15, -0.1) is 11.3 Å². The van der Waals surface area contributed by atoms with Gasteiger partial charge in [0, 0.05) is 35.2 Å². The molecule has 1 N–H and O–H groups in total. The number of amides is 3. The molecule has 4 rings (SSSR count). The van der Waals surface area contributed by atoms with Crippen molar-refractivity contribution in [2.45, 2.75) is 45.7 Å². The van der Waals surface area contributed by atoms with Crippen LogP contribution in [0.2, 0.25) is 5.02 Å². The lowest BCUT2D eigenvalue weighted by Gasteiger charge is -2.31. The van der Waals surface area contributed by atoms with E-state index in [-0.39, 0.29) is 18.0 Å². The van der Waals surface area contributed by atoms with Gasteiger partial charge in [0.2, 0.25) is 0 Å². The van der Waals surface area contributed by atoms with Gasteiger partial charge in [-0.25, -0.2) is 9.78 Å². The summed E-state index contributed by atoms with van der Waals surface area (Å²) in [5.74, 6) is 0.579. The van der Waals surface area contributed by atoms with Crippen LogP contribution in [0.1, 0.15) is 47.7 Å². The summed E-state index contributed by atoms with van der Waals surface area (Å²) >= 11 is 7.45. The highest BCUT2D eigenvalue weighted by molar-refractivity contribution is 7.09. The van der Waals surface area contributed by atoms with Crippen LogP contribution in [0.5, 0.6) is 0 Å². The van der Waals surface area contributed by atoms with Crippen LogP contribution in [0.15, 0.2) is 60.0 Å².